The van der Waals surface area contributed by atoms with Crippen molar-refractivity contribution < 1.29 is 28.5 Å². The highest BCUT2D eigenvalue weighted by Crippen LogP contribution is 2.42. The summed E-state index contributed by atoms with van der Waals surface area (Å²) >= 11 is 0. The van der Waals surface area contributed by atoms with Gasteiger partial charge in [0, 0.05) is 65.4 Å². The third kappa shape index (κ3) is 6.19. The van der Waals surface area contributed by atoms with Crippen molar-refractivity contribution in [2.45, 2.75) is 13.5 Å². The van der Waals surface area contributed by atoms with Crippen LogP contribution >= 0.6 is 0 Å². The Morgan fingerprint density at radius 3 is 2.45 bits per heavy atom. The number of carbonyl (C=O) groups excluding carboxylic acids is 1. The number of benzene rings is 2. The first-order valence-electron chi connectivity index (χ1n) is 13.4. The molecule has 0 radical (unpaired) electrons. The van der Waals surface area contributed by atoms with E-state index in [0.29, 0.717) is 37.8 Å². The molecule has 1 amide bonds. The van der Waals surface area contributed by atoms with Gasteiger partial charge in [-0.1, -0.05) is 12.1 Å². The lowest BCUT2D eigenvalue weighted by Crippen LogP contribution is -2.50. The van der Waals surface area contributed by atoms with E-state index in [2.05, 4.69) is 20.8 Å². The molecule has 0 unspecified atom stereocenters. The zero-order valence-electron chi connectivity index (χ0n) is 22.4. The molecule has 3 aliphatic rings. The number of methoxy groups -OCH3 is 1. The molecule has 0 bridgehead atoms. The number of nitrogens with zero attached hydrogens (tertiary/aromatic N) is 4. The molecule has 2 fully saturated rings. The molecular formula is C28H38N4O6. The highest BCUT2D eigenvalue weighted by molar-refractivity contribution is 5.68. The SMILES string of the molecule is CCOc1ccccc1N1CCN(C(=O)OCCN2CCN(Cc3cc(OC)c4c(c3)OCO4)CC2)CC1. The second-order valence-electron chi connectivity index (χ2n) is 9.64. The van der Waals surface area contributed by atoms with E-state index >= 15 is 0 Å². The Morgan fingerprint density at radius 1 is 0.921 bits per heavy atom. The summed E-state index contributed by atoms with van der Waals surface area (Å²) in [7, 11) is 1.65. The number of fused-ring (bicyclic) bond motifs is 1. The maximum atomic E-state index is 12.6. The maximum Gasteiger partial charge on any atom is 0.409 e. The van der Waals surface area contributed by atoms with Gasteiger partial charge >= 0.3 is 6.09 Å². The minimum Gasteiger partial charge on any atom is -0.493 e. The van der Waals surface area contributed by atoms with Crippen LogP contribution in [-0.4, -0.2) is 107 Å². The normalized spacial score (nSPS) is 17.9. The van der Waals surface area contributed by atoms with Crippen molar-refractivity contribution in [3.63, 3.8) is 0 Å². The van der Waals surface area contributed by atoms with Crippen LogP contribution < -0.4 is 23.8 Å². The summed E-state index contributed by atoms with van der Waals surface area (Å²) in [5, 5.41) is 0. The average molecular weight is 527 g/mol. The van der Waals surface area contributed by atoms with E-state index in [0.717, 1.165) is 75.1 Å². The van der Waals surface area contributed by atoms with Crippen LogP contribution in [0, 0.1) is 0 Å². The first-order valence-corrected chi connectivity index (χ1v) is 13.4. The third-order valence-electron chi connectivity index (χ3n) is 7.27. The number of carbonyl (C=O) groups is 1. The summed E-state index contributed by atoms with van der Waals surface area (Å²) in [5.41, 5.74) is 2.23. The van der Waals surface area contributed by atoms with Crippen LogP contribution in [0.2, 0.25) is 0 Å². The van der Waals surface area contributed by atoms with Crippen LogP contribution in [0.3, 0.4) is 0 Å². The molecule has 0 N–H and O–H groups in total. The highest BCUT2D eigenvalue weighted by Gasteiger charge is 2.25. The van der Waals surface area contributed by atoms with Crippen molar-refractivity contribution in [3.8, 4) is 23.0 Å². The molecule has 10 heteroatoms. The number of piperazine rings is 2. The van der Waals surface area contributed by atoms with E-state index in [-0.39, 0.29) is 12.9 Å². The predicted octanol–water partition coefficient (Wildman–Crippen LogP) is 2.90. The second kappa shape index (κ2) is 12.4. The summed E-state index contributed by atoms with van der Waals surface area (Å²) in [4.78, 5) is 21.5. The van der Waals surface area contributed by atoms with Crippen molar-refractivity contribution in [2.24, 2.45) is 0 Å². The fourth-order valence-electron chi connectivity index (χ4n) is 5.18. The Kier molecular flexibility index (Phi) is 8.60. The van der Waals surface area contributed by atoms with E-state index in [1.807, 2.05) is 37.3 Å². The zero-order valence-corrected chi connectivity index (χ0v) is 22.4. The van der Waals surface area contributed by atoms with Gasteiger partial charge in [-0.25, -0.2) is 4.79 Å². The van der Waals surface area contributed by atoms with Crippen LogP contribution in [0.25, 0.3) is 0 Å². The van der Waals surface area contributed by atoms with Gasteiger partial charge in [-0.05, 0) is 36.8 Å². The molecule has 0 aromatic heterocycles. The predicted molar refractivity (Wildman–Crippen MR) is 144 cm³/mol. The lowest BCUT2D eigenvalue weighted by Gasteiger charge is -2.36. The summed E-state index contributed by atoms with van der Waals surface area (Å²) in [6.07, 6.45) is -0.224. The van der Waals surface area contributed by atoms with Gasteiger partial charge in [-0.15, -0.1) is 0 Å². The van der Waals surface area contributed by atoms with Crippen LogP contribution in [0.1, 0.15) is 12.5 Å². The van der Waals surface area contributed by atoms with Gasteiger partial charge in [-0.2, -0.15) is 0 Å². The number of para-hydroxylation sites is 2. The smallest absolute Gasteiger partial charge is 0.409 e. The second-order valence-corrected chi connectivity index (χ2v) is 9.64. The van der Waals surface area contributed by atoms with Crippen molar-refractivity contribution >= 4 is 11.8 Å². The zero-order chi connectivity index (χ0) is 26.3. The third-order valence-corrected chi connectivity index (χ3v) is 7.27. The van der Waals surface area contributed by atoms with Crippen molar-refractivity contribution in [2.75, 3.05) is 90.9 Å². The number of hydrogen-bond acceptors (Lipinski definition) is 9. The van der Waals surface area contributed by atoms with Crippen molar-refractivity contribution in [3.05, 3.63) is 42.0 Å². The number of rotatable bonds is 9. The van der Waals surface area contributed by atoms with Gasteiger partial charge in [0.15, 0.2) is 11.5 Å². The fraction of sp³-hybridized carbons (Fsp3) is 0.536. The Morgan fingerprint density at radius 2 is 1.68 bits per heavy atom. The summed E-state index contributed by atoms with van der Waals surface area (Å²) in [5.74, 6) is 3.04. The molecule has 0 atom stereocenters. The molecule has 5 rings (SSSR count). The Bertz CT molecular complexity index is 1080. The molecule has 3 aliphatic heterocycles. The molecule has 3 heterocycles. The molecule has 0 saturated carbocycles. The first kappa shape index (κ1) is 26.2. The van der Waals surface area contributed by atoms with Gasteiger partial charge in [0.25, 0.3) is 0 Å². The number of anilines is 1. The maximum absolute atomic E-state index is 12.6. The molecule has 206 valence electrons. The molecule has 0 aliphatic carbocycles. The van der Waals surface area contributed by atoms with Gasteiger partial charge < -0.3 is 33.5 Å². The Balaban J connectivity index is 1.00. The van der Waals surface area contributed by atoms with Gasteiger partial charge in [0.1, 0.15) is 12.4 Å². The number of hydrogen-bond donors (Lipinski definition) is 0. The highest BCUT2D eigenvalue weighted by atomic mass is 16.7. The fourth-order valence-corrected chi connectivity index (χ4v) is 5.18. The van der Waals surface area contributed by atoms with E-state index in [9.17, 15) is 4.79 Å². The monoisotopic (exact) mass is 526 g/mol. The molecule has 2 saturated heterocycles. The summed E-state index contributed by atoms with van der Waals surface area (Å²) in [6, 6.07) is 12.1. The first-order chi connectivity index (χ1) is 18.6. The topological polar surface area (TPSA) is 76.2 Å². The largest absolute Gasteiger partial charge is 0.493 e. The van der Waals surface area contributed by atoms with Crippen molar-refractivity contribution in [1.82, 2.24) is 14.7 Å². The number of amides is 1. The van der Waals surface area contributed by atoms with E-state index in [1.165, 1.54) is 0 Å². The van der Waals surface area contributed by atoms with E-state index in [1.54, 1.807) is 12.0 Å². The average Bonchev–Trinajstić information content (AvgIpc) is 3.43. The van der Waals surface area contributed by atoms with Gasteiger partial charge in [0.2, 0.25) is 12.5 Å². The van der Waals surface area contributed by atoms with Crippen molar-refractivity contribution in [1.29, 1.82) is 0 Å². The molecule has 38 heavy (non-hydrogen) atoms. The quantitative estimate of drug-likeness (QED) is 0.490. The minimum absolute atomic E-state index is 0.224. The minimum atomic E-state index is -0.224. The van der Waals surface area contributed by atoms with Gasteiger partial charge in [0.05, 0.1) is 19.4 Å². The molecule has 2 aromatic rings. The Labute approximate surface area is 224 Å². The van der Waals surface area contributed by atoms with Crippen LogP contribution in [0.15, 0.2) is 36.4 Å². The van der Waals surface area contributed by atoms with Crippen LogP contribution in [-0.2, 0) is 11.3 Å². The summed E-state index contributed by atoms with van der Waals surface area (Å²) in [6.45, 7) is 11.4. The van der Waals surface area contributed by atoms with Gasteiger partial charge in [-0.3, -0.25) is 9.80 Å². The lowest BCUT2D eigenvalue weighted by atomic mass is 10.1. The standard InChI is InChI=1S/C28H38N4O6/c1-3-35-24-7-5-4-6-23(24)31-12-14-32(15-13-31)28(33)36-17-16-29-8-10-30(11-9-29)20-22-18-25(34-2)27-26(19-22)37-21-38-27/h4-7,18-19H,3,8-17,20-21H2,1-2H3. The Hall–Kier alpha value is -3.37. The van der Waals surface area contributed by atoms with E-state index in [4.69, 9.17) is 23.7 Å². The molecule has 2 aromatic carbocycles. The van der Waals surface area contributed by atoms with Crippen LogP contribution in [0.4, 0.5) is 10.5 Å². The number of ether oxygens (including phenoxy) is 5. The summed E-state index contributed by atoms with van der Waals surface area (Å²) < 4.78 is 27.9. The van der Waals surface area contributed by atoms with Crippen LogP contribution in [0.5, 0.6) is 23.0 Å². The molecule has 10 nitrogen and oxygen atoms in total. The molecule has 0 spiro atoms. The van der Waals surface area contributed by atoms with E-state index < -0.39 is 0 Å². The lowest BCUT2D eigenvalue weighted by molar-refractivity contribution is 0.0726. The molecular weight excluding hydrogens is 488 g/mol.